The van der Waals surface area contributed by atoms with Crippen LogP contribution in [-0.4, -0.2) is 25.8 Å². The molecule has 0 fully saturated rings. The van der Waals surface area contributed by atoms with Crippen LogP contribution in [0.5, 0.6) is 0 Å². The predicted molar refractivity (Wildman–Crippen MR) is 81.6 cm³/mol. The average Bonchev–Trinajstić information content (AvgIpc) is 2.39. The Hall–Kier alpha value is -0.840. The van der Waals surface area contributed by atoms with Gasteiger partial charge in [0.2, 0.25) is 10.0 Å². The third-order valence-electron chi connectivity index (χ3n) is 2.78. The monoisotopic (exact) mass is 301 g/mol. The molecular weight excluding hydrogens is 282 g/mol. The highest BCUT2D eigenvalue weighted by atomic mass is 35.5. The zero-order valence-electron chi connectivity index (χ0n) is 11.3. The summed E-state index contributed by atoms with van der Waals surface area (Å²) in [6, 6.07) is 7.05. The van der Waals surface area contributed by atoms with Gasteiger partial charge in [-0.25, -0.2) is 8.42 Å². The maximum Gasteiger partial charge on any atom is 0.236 e. The first-order valence-corrected chi connectivity index (χ1v) is 8.31. The Morgan fingerprint density at radius 3 is 2.37 bits per heavy atom. The smallest absolute Gasteiger partial charge is 0.208 e. The van der Waals surface area contributed by atoms with E-state index in [-0.39, 0.29) is 0 Å². The van der Waals surface area contributed by atoms with E-state index in [0.29, 0.717) is 18.1 Å². The molecule has 0 aliphatic rings. The highest BCUT2D eigenvalue weighted by molar-refractivity contribution is 7.92. The molecule has 19 heavy (non-hydrogen) atoms. The van der Waals surface area contributed by atoms with Crippen molar-refractivity contribution in [3.8, 4) is 0 Å². The van der Waals surface area contributed by atoms with Gasteiger partial charge in [-0.05, 0) is 30.2 Å². The van der Waals surface area contributed by atoms with E-state index in [0.717, 1.165) is 18.4 Å². The lowest BCUT2D eigenvalue weighted by atomic mass is 10.2. The highest BCUT2D eigenvalue weighted by Crippen LogP contribution is 2.12. The highest BCUT2D eigenvalue weighted by Gasteiger charge is 2.15. The molecule has 0 aliphatic heterocycles. The molecule has 0 heterocycles. The summed E-state index contributed by atoms with van der Waals surface area (Å²) in [7, 11) is -3.33. The second-order valence-corrected chi connectivity index (χ2v) is 6.50. The van der Waals surface area contributed by atoms with Crippen molar-refractivity contribution in [3.63, 3.8) is 0 Å². The van der Waals surface area contributed by atoms with Crippen molar-refractivity contribution in [3.05, 3.63) is 40.3 Å². The molecule has 0 amide bonds. The minimum absolute atomic E-state index is 0.493. The molecule has 0 spiro atoms. The van der Waals surface area contributed by atoms with E-state index in [1.807, 2.05) is 13.8 Å². The van der Waals surface area contributed by atoms with Crippen LogP contribution in [0.15, 0.2) is 29.7 Å². The van der Waals surface area contributed by atoms with Crippen LogP contribution >= 0.6 is 11.6 Å². The second kappa shape index (κ2) is 7.68. The van der Waals surface area contributed by atoms with E-state index in [1.165, 1.54) is 9.71 Å². The van der Waals surface area contributed by atoms with Crippen molar-refractivity contribution in [2.45, 2.75) is 26.7 Å². The lowest BCUT2D eigenvalue weighted by Gasteiger charge is -2.17. The quantitative estimate of drug-likeness (QED) is 0.769. The number of benzene rings is 1. The first-order chi connectivity index (χ1) is 8.99. The van der Waals surface area contributed by atoms with Crippen molar-refractivity contribution in [1.29, 1.82) is 0 Å². The molecule has 0 saturated heterocycles. The summed E-state index contributed by atoms with van der Waals surface area (Å²) in [4.78, 5) is 0. The fourth-order valence-corrected chi connectivity index (χ4v) is 2.99. The van der Waals surface area contributed by atoms with Gasteiger partial charge in [-0.2, -0.15) is 4.31 Å². The van der Waals surface area contributed by atoms with Crippen LogP contribution in [0.3, 0.4) is 0 Å². The number of sulfonamides is 1. The van der Waals surface area contributed by atoms with E-state index in [2.05, 4.69) is 0 Å². The largest absolute Gasteiger partial charge is 0.236 e. The van der Waals surface area contributed by atoms with E-state index in [4.69, 9.17) is 11.6 Å². The zero-order chi connectivity index (χ0) is 14.3. The van der Waals surface area contributed by atoms with Gasteiger partial charge in [0.15, 0.2) is 0 Å². The lowest BCUT2D eigenvalue weighted by Crippen LogP contribution is -2.30. The summed E-state index contributed by atoms with van der Waals surface area (Å²) >= 11 is 5.78. The summed E-state index contributed by atoms with van der Waals surface area (Å²) in [6.07, 6.45) is 3.45. The Morgan fingerprint density at radius 2 is 1.84 bits per heavy atom. The van der Waals surface area contributed by atoms with Gasteiger partial charge in [0.05, 0.1) is 0 Å². The topological polar surface area (TPSA) is 37.4 Å². The molecule has 1 aromatic rings. The molecule has 0 saturated carbocycles. The maximum atomic E-state index is 12.1. The molecule has 1 aromatic carbocycles. The molecule has 1 rings (SSSR count). The molecule has 0 bridgehead atoms. The Kier molecular flexibility index (Phi) is 6.55. The summed E-state index contributed by atoms with van der Waals surface area (Å²) in [6.45, 7) is 4.96. The number of hydrogen-bond donors (Lipinski definition) is 0. The molecule has 3 nitrogen and oxygen atoms in total. The van der Waals surface area contributed by atoms with Crippen molar-refractivity contribution >= 4 is 27.7 Å². The number of unbranched alkanes of at least 4 members (excludes halogenated alkanes) is 1. The molecular formula is C14H20ClNO2S. The lowest BCUT2D eigenvalue weighted by molar-refractivity contribution is 0.425. The number of halogens is 1. The molecule has 0 N–H and O–H groups in total. The van der Waals surface area contributed by atoms with E-state index < -0.39 is 10.0 Å². The minimum atomic E-state index is -3.33. The first-order valence-electron chi connectivity index (χ1n) is 6.43. The van der Waals surface area contributed by atoms with Crippen LogP contribution in [0.4, 0.5) is 0 Å². The molecule has 106 valence electrons. The molecule has 0 aliphatic carbocycles. The van der Waals surface area contributed by atoms with Crippen molar-refractivity contribution < 1.29 is 8.42 Å². The molecule has 0 radical (unpaired) electrons. The van der Waals surface area contributed by atoms with Crippen LogP contribution in [0.2, 0.25) is 5.02 Å². The summed E-state index contributed by atoms with van der Waals surface area (Å²) in [5.41, 5.74) is 0.819. The van der Waals surface area contributed by atoms with Crippen LogP contribution in [-0.2, 0) is 10.0 Å². The third kappa shape index (κ3) is 5.35. The Morgan fingerprint density at radius 1 is 1.21 bits per heavy atom. The van der Waals surface area contributed by atoms with Gasteiger partial charge >= 0.3 is 0 Å². The van der Waals surface area contributed by atoms with Gasteiger partial charge in [0.25, 0.3) is 0 Å². The second-order valence-electron chi connectivity index (χ2n) is 4.24. The van der Waals surface area contributed by atoms with Crippen molar-refractivity contribution in [2.24, 2.45) is 0 Å². The van der Waals surface area contributed by atoms with Gasteiger partial charge in [-0.3, -0.25) is 0 Å². The molecule has 0 unspecified atom stereocenters. The van der Waals surface area contributed by atoms with Crippen LogP contribution in [0.25, 0.3) is 6.08 Å². The summed E-state index contributed by atoms with van der Waals surface area (Å²) < 4.78 is 25.7. The van der Waals surface area contributed by atoms with Gasteiger partial charge in [0, 0.05) is 23.5 Å². The Labute approximate surface area is 120 Å². The minimum Gasteiger partial charge on any atom is -0.208 e. The van der Waals surface area contributed by atoms with Crippen LogP contribution in [0, 0.1) is 0 Å². The molecule has 0 atom stereocenters. The standard InChI is InChI=1S/C14H20ClNO2S/c1-3-5-11-16(4-2)19(17,18)12-10-13-6-8-14(15)9-7-13/h6-10,12H,3-5,11H2,1-2H3/b12-10+. The Bertz CT molecular complexity index is 509. The van der Waals surface area contributed by atoms with Crippen LogP contribution < -0.4 is 0 Å². The predicted octanol–water partition coefficient (Wildman–Crippen LogP) is 3.76. The SMILES string of the molecule is CCCCN(CC)S(=O)(=O)/C=C/c1ccc(Cl)cc1. The molecule has 5 heteroatoms. The van der Waals surface area contributed by atoms with Gasteiger partial charge in [0.1, 0.15) is 0 Å². The summed E-state index contributed by atoms with van der Waals surface area (Å²) in [5, 5.41) is 1.90. The zero-order valence-corrected chi connectivity index (χ0v) is 12.9. The summed E-state index contributed by atoms with van der Waals surface area (Å²) in [5.74, 6) is 0. The fourth-order valence-electron chi connectivity index (χ4n) is 1.62. The maximum absolute atomic E-state index is 12.1. The van der Waals surface area contributed by atoms with Gasteiger partial charge in [-0.1, -0.05) is 44.0 Å². The normalized spacial score (nSPS) is 12.4. The van der Waals surface area contributed by atoms with Crippen LogP contribution in [0.1, 0.15) is 32.3 Å². The first kappa shape index (κ1) is 16.2. The van der Waals surface area contributed by atoms with E-state index >= 15 is 0 Å². The fraction of sp³-hybridized carbons (Fsp3) is 0.429. The number of nitrogens with zero attached hydrogens (tertiary/aromatic N) is 1. The van der Waals surface area contributed by atoms with Crippen molar-refractivity contribution in [1.82, 2.24) is 4.31 Å². The van der Waals surface area contributed by atoms with E-state index in [9.17, 15) is 8.42 Å². The third-order valence-corrected chi connectivity index (χ3v) is 4.67. The Balaban J connectivity index is 2.79. The number of hydrogen-bond acceptors (Lipinski definition) is 2. The van der Waals surface area contributed by atoms with Gasteiger partial charge < -0.3 is 0 Å². The number of rotatable bonds is 7. The van der Waals surface area contributed by atoms with Crippen molar-refractivity contribution in [2.75, 3.05) is 13.1 Å². The van der Waals surface area contributed by atoms with E-state index in [1.54, 1.807) is 30.3 Å². The molecule has 0 aromatic heterocycles. The van der Waals surface area contributed by atoms with Gasteiger partial charge in [-0.15, -0.1) is 0 Å². The average molecular weight is 302 g/mol.